The normalized spacial score (nSPS) is 11.4. The van der Waals surface area contributed by atoms with E-state index in [2.05, 4.69) is 36.4 Å². The molecule has 0 radical (unpaired) electrons. The molecule has 18 heavy (non-hydrogen) atoms. The molecular weight excluding hydrogens is 236 g/mol. The quantitative estimate of drug-likeness (QED) is 0.817. The van der Waals surface area contributed by atoms with E-state index in [1.54, 1.807) is 0 Å². The minimum absolute atomic E-state index is 0.0425. The van der Waals surface area contributed by atoms with Gasteiger partial charge >= 0.3 is 0 Å². The number of anilines is 2. The molecule has 0 spiro atoms. The highest BCUT2D eigenvalue weighted by molar-refractivity contribution is 5.47. The highest BCUT2D eigenvalue weighted by Gasteiger charge is 2.17. The van der Waals surface area contributed by atoms with Gasteiger partial charge in [-0.05, 0) is 18.8 Å². The van der Waals surface area contributed by atoms with Crippen molar-refractivity contribution in [1.29, 1.82) is 0 Å². The number of rotatable bonds is 6. The van der Waals surface area contributed by atoms with Crippen molar-refractivity contribution in [3.05, 3.63) is 17.7 Å². The van der Waals surface area contributed by atoms with E-state index < -0.39 is 11.6 Å². The fourth-order valence-electron chi connectivity index (χ4n) is 1.33. The summed E-state index contributed by atoms with van der Waals surface area (Å²) in [4.78, 5) is 3.93. The zero-order chi connectivity index (χ0) is 13.8. The molecule has 0 saturated heterocycles. The van der Waals surface area contributed by atoms with Gasteiger partial charge < -0.3 is 10.6 Å². The van der Waals surface area contributed by atoms with Crippen LogP contribution in [0.15, 0.2) is 6.07 Å². The van der Waals surface area contributed by atoms with E-state index >= 15 is 0 Å². The van der Waals surface area contributed by atoms with Crippen molar-refractivity contribution in [2.24, 2.45) is 5.41 Å². The molecule has 1 aromatic rings. The standard InChI is InChI=1S/C13H21F2N3/c1-5-13(3,4)8-17-12-10(15)7-9(14)11(18-12)16-6-2/h7H,5-6,8H2,1-4H3,(H2,16,17,18). The minimum atomic E-state index is -0.672. The number of hydrogen-bond donors (Lipinski definition) is 2. The first kappa shape index (κ1) is 14.7. The van der Waals surface area contributed by atoms with Crippen LogP contribution in [0.1, 0.15) is 34.1 Å². The maximum atomic E-state index is 13.6. The molecule has 5 heteroatoms. The molecule has 0 saturated carbocycles. The van der Waals surface area contributed by atoms with Crippen LogP contribution in [0.5, 0.6) is 0 Å². The van der Waals surface area contributed by atoms with Crippen LogP contribution in [0.3, 0.4) is 0 Å². The lowest BCUT2D eigenvalue weighted by atomic mass is 9.90. The second-order valence-corrected chi connectivity index (χ2v) is 5.05. The van der Waals surface area contributed by atoms with Gasteiger partial charge in [0.2, 0.25) is 0 Å². The van der Waals surface area contributed by atoms with E-state index in [9.17, 15) is 8.78 Å². The molecular formula is C13H21F2N3. The number of nitrogens with one attached hydrogen (secondary N) is 2. The predicted molar refractivity (Wildman–Crippen MR) is 70.9 cm³/mol. The van der Waals surface area contributed by atoms with Gasteiger partial charge in [-0.2, -0.15) is 0 Å². The van der Waals surface area contributed by atoms with Gasteiger partial charge in [-0.15, -0.1) is 0 Å². The van der Waals surface area contributed by atoms with Crippen LogP contribution in [0.4, 0.5) is 20.4 Å². The van der Waals surface area contributed by atoms with E-state index in [1.165, 1.54) is 0 Å². The first-order valence-corrected chi connectivity index (χ1v) is 6.23. The Kier molecular flexibility index (Phi) is 4.87. The lowest BCUT2D eigenvalue weighted by molar-refractivity contribution is 0.375. The van der Waals surface area contributed by atoms with Crippen molar-refractivity contribution in [3.8, 4) is 0 Å². The van der Waals surface area contributed by atoms with Gasteiger partial charge in [0.25, 0.3) is 0 Å². The minimum Gasteiger partial charge on any atom is -0.368 e. The van der Waals surface area contributed by atoms with Gasteiger partial charge in [-0.25, -0.2) is 13.8 Å². The molecule has 0 atom stereocenters. The molecule has 0 bridgehead atoms. The van der Waals surface area contributed by atoms with Crippen molar-refractivity contribution < 1.29 is 8.78 Å². The molecule has 1 heterocycles. The molecule has 0 aliphatic heterocycles. The highest BCUT2D eigenvalue weighted by atomic mass is 19.1. The van der Waals surface area contributed by atoms with Gasteiger partial charge in [-0.1, -0.05) is 20.8 Å². The van der Waals surface area contributed by atoms with Gasteiger partial charge in [0, 0.05) is 19.2 Å². The van der Waals surface area contributed by atoms with E-state index in [-0.39, 0.29) is 17.1 Å². The van der Waals surface area contributed by atoms with Gasteiger partial charge in [-0.3, -0.25) is 0 Å². The SMILES string of the molecule is CCNc1nc(NCC(C)(C)CC)c(F)cc1F. The Labute approximate surface area is 107 Å². The molecule has 1 aromatic heterocycles. The zero-order valence-corrected chi connectivity index (χ0v) is 11.4. The third kappa shape index (κ3) is 3.82. The smallest absolute Gasteiger partial charge is 0.168 e. The Morgan fingerprint density at radius 3 is 2.17 bits per heavy atom. The van der Waals surface area contributed by atoms with E-state index in [1.807, 2.05) is 6.92 Å². The first-order valence-electron chi connectivity index (χ1n) is 6.23. The zero-order valence-electron chi connectivity index (χ0n) is 11.4. The van der Waals surface area contributed by atoms with Crippen LogP contribution in [0, 0.1) is 17.0 Å². The number of hydrogen-bond acceptors (Lipinski definition) is 3. The third-order valence-corrected chi connectivity index (χ3v) is 2.97. The van der Waals surface area contributed by atoms with E-state index in [0.717, 1.165) is 12.5 Å². The molecule has 0 aliphatic carbocycles. The number of pyridine rings is 1. The van der Waals surface area contributed by atoms with Crippen LogP contribution in [-0.2, 0) is 0 Å². The van der Waals surface area contributed by atoms with Crippen LogP contribution in [0.25, 0.3) is 0 Å². The molecule has 0 unspecified atom stereocenters. The lowest BCUT2D eigenvalue weighted by Crippen LogP contribution is -2.23. The summed E-state index contributed by atoms with van der Waals surface area (Å²) in [6.45, 7) is 9.18. The molecule has 0 amide bonds. The monoisotopic (exact) mass is 257 g/mol. The fraction of sp³-hybridized carbons (Fsp3) is 0.615. The first-order chi connectivity index (χ1) is 8.39. The van der Waals surface area contributed by atoms with E-state index in [4.69, 9.17) is 0 Å². The Balaban J connectivity index is 2.85. The van der Waals surface area contributed by atoms with Crippen molar-refractivity contribution in [3.63, 3.8) is 0 Å². The maximum Gasteiger partial charge on any atom is 0.168 e. The van der Waals surface area contributed by atoms with Gasteiger partial charge in [0.05, 0.1) is 0 Å². The van der Waals surface area contributed by atoms with Crippen molar-refractivity contribution in [2.75, 3.05) is 23.7 Å². The van der Waals surface area contributed by atoms with Gasteiger partial charge in [0.1, 0.15) is 0 Å². The Morgan fingerprint density at radius 2 is 1.67 bits per heavy atom. The molecule has 2 N–H and O–H groups in total. The molecule has 102 valence electrons. The Bertz CT molecular complexity index is 405. The summed E-state index contributed by atoms with van der Waals surface area (Å²) in [7, 11) is 0. The number of nitrogens with zero attached hydrogens (tertiary/aromatic N) is 1. The average molecular weight is 257 g/mol. The second-order valence-electron chi connectivity index (χ2n) is 5.05. The van der Waals surface area contributed by atoms with Gasteiger partial charge in [0.15, 0.2) is 23.3 Å². The molecule has 0 aliphatic rings. The van der Waals surface area contributed by atoms with Crippen LogP contribution in [-0.4, -0.2) is 18.1 Å². The predicted octanol–water partition coefficient (Wildman–Crippen LogP) is 3.64. The summed E-state index contributed by atoms with van der Waals surface area (Å²) in [5.41, 5.74) is 0.0425. The lowest BCUT2D eigenvalue weighted by Gasteiger charge is -2.23. The maximum absolute atomic E-state index is 13.6. The molecule has 0 aromatic carbocycles. The van der Waals surface area contributed by atoms with Crippen molar-refractivity contribution in [1.82, 2.24) is 4.98 Å². The average Bonchev–Trinajstić information content (AvgIpc) is 2.31. The second kappa shape index (κ2) is 5.98. The summed E-state index contributed by atoms with van der Waals surface area (Å²) in [5, 5.41) is 5.70. The largest absolute Gasteiger partial charge is 0.368 e. The van der Waals surface area contributed by atoms with Crippen molar-refractivity contribution >= 4 is 11.6 Å². The summed E-state index contributed by atoms with van der Waals surface area (Å²) in [5.74, 6) is -1.17. The van der Waals surface area contributed by atoms with E-state index in [0.29, 0.717) is 13.1 Å². The topological polar surface area (TPSA) is 37.0 Å². The Hall–Kier alpha value is -1.39. The Morgan fingerprint density at radius 1 is 1.11 bits per heavy atom. The molecule has 1 rings (SSSR count). The summed E-state index contributed by atoms with van der Waals surface area (Å²) >= 11 is 0. The molecule has 0 fully saturated rings. The highest BCUT2D eigenvalue weighted by Crippen LogP contribution is 2.23. The summed E-state index contributed by atoms with van der Waals surface area (Å²) < 4.78 is 26.9. The number of halogens is 2. The summed E-state index contributed by atoms with van der Waals surface area (Å²) in [6.07, 6.45) is 0.961. The fourth-order valence-corrected chi connectivity index (χ4v) is 1.33. The summed E-state index contributed by atoms with van der Waals surface area (Å²) in [6, 6.07) is 0.853. The van der Waals surface area contributed by atoms with Crippen LogP contribution >= 0.6 is 0 Å². The third-order valence-electron chi connectivity index (χ3n) is 2.97. The van der Waals surface area contributed by atoms with Crippen LogP contribution < -0.4 is 10.6 Å². The van der Waals surface area contributed by atoms with Crippen molar-refractivity contribution in [2.45, 2.75) is 34.1 Å². The van der Waals surface area contributed by atoms with Crippen LogP contribution in [0.2, 0.25) is 0 Å². The number of aromatic nitrogens is 1. The molecule has 3 nitrogen and oxygen atoms in total.